The second kappa shape index (κ2) is 8.96. The van der Waals surface area contributed by atoms with Gasteiger partial charge in [-0.25, -0.2) is 4.79 Å². The molecule has 1 aromatic carbocycles. The van der Waals surface area contributed by atoms with Crippen molar-refractivity contribution in [2.75, 3.05) is 11.1 Å². The molecule has 0 fully saturated rings. The number of nitrogens with one attached hydrogen (secondary N) is 1. The predicted molar refractivity (Wildman–Crippen MR) is 106 cm³/mol. The van der Waals surface area contributed by atoms with Crippen LogP contribution in [-0.4, -0.2) is 42.5 Å². The molecule has 9 heteroatoms. The van der Waals surface area contributed by atoms with E-state index in [1.807, 2.05) is 16.7 Å². The summed E-state index contributed by atoms with van der Waals surface area (Å²) in [6.45, 7) is 4.24. The zero-order chi connectivity index (χ0) is 19.9. The van der Waals surface area contributed by atoms with Gasteiger partial charge in [0, 0.05) is 30.2 Å². The average molecular weight is 395 g/mol. The molecule has 3 rings (SSSR count). The van der Waals surface area contributed by atoms with E-state index in [2.05, 4.69) is 27.1 Å². The van der Waals surface area contributed by atoms with Crippen LogP contribution < -0.4 is 5.32 Å². The van der Waals surface area contributed by atoms with Crippen molar-refractivity contribution in [1.82, 2.24) is 19.7 Å². The SMILES string of the molecule is C=CCn1c(SCC(=O)Nc2cccc(C(=O)O)c2)nnc1-c1cccnc1. The van der Waals surface area contributed by atoms with E-state index >= 15 is 0 Å². The maximum atomic E-state index is 12.2. The fourth-order valence-electron chi connectivity index (χ4n) is 2.45. The minimum absolute atomic E-state index is 0.0968. The van der Waals surface area contributed by atoms with E-state index in [-0.39, 0.29) is 17.2 Å². The Hall–Kier alpha value is -3.46. The van der Waals surface area contributed by atoms with Gasteiger partial charge in [0.25, 0.3) is 0 Å². The number of rotatable bonds is 8. The summed E-state index contributed by atoms with van der Waals surface area (Å²) in [5.41, 5.74) is 1.35. The highest BCUT2D eigenvalue weighted by Gasteiger charge is 2.15. The van der Waals surface area contributed by atoms with Gasteiger partial charge in [-0.3, -0.25) is 14.3 Å². The molecule has 0 unspecified atom stereocenters. The maximum Gasteiger partial charge on any atom is 0.335 e. The van der Waals surface area contributed by atoms with Gasteiger partial charge in [0.1, 0.15) is 0 Å². The molecule has 2 heterocycles. The van der Waals surface area contributed by atoms with E-state index in [0.29, 0.717) is 23.2 Å². The molecule has 1 amide bonds. The summed E-state index contributed by atoms with van der Waals surface area (Å²) in [6, 6.07) is 9.78. The van der Waals surface area contributed by atoms with E-state index in [4.69, 9.17) is 5.11 Å². The molecule has 2 N–H and O–H groups in total. The number of amides is 1. The number of carboxylic acids is 1. The first-order valence-electron chi connectivity index (χ1n) is 8.29. The number of nitrogens with zero attached hydrogens (tertiary/aromatic N) is 4. The van der Waals surface area contributed by atoms with Crippen molar-refractivity contribution in [3.05, 3.63) is 67.0 Å². The highest BCUT2D eigenvalue weighted by molar-refractivity contribution is 7.99. The third kappa shape index (κ3) is 4.63. The number of hydrogen-bond donors (Lipinski definition) is 2. The molecule has 0 radical (unpaired) electrons. The smallest absolute Gasteiger partial charge is 0.335 e. The highest BCUT2D eigenvalue weighted by Crippen LogP contribution is 2.23. The molecule has 0 bridgehead atoms. The van der Waals surface area contributed by atoms with Crippen molar-refractivity contribution >= 4 is 29.3 Å². The van der Waals surface area contributed by atoms with Gasteiger partial charge in [-0.1, -0.05) is 23.9 Å². The Balaban J connectivity index is 1.69. The van der Waals surface area contributed by atoms with Crippen molar-refractivity contribution in [1.29, 1.82) is 0 Å². The Labute approximate surface area is 165 Å². The van der Waals surface area contributed by atoms with Crippen LogP contribution in [-0.2, 0) is 11.3 Å². The third-order valence-corrected chi connectivity index (χ3v) is 4.64. The van der Waals surface area contributed by atoms with Crippen LogP contribution in [0.1, 0.15) is 10.4 Å². The van der Waals surface area contributed by atoms with E-state index in [0.717, 1.165) is 5.56 Å². The van der Waals surface area contributed by atoms with Crippen LogP contribution in [0.2, 0.25) is 0 Å². The monoisotopic (exact) mass is 395 g/mol. The summed E-state index contributed by atoms with van der Waals surface area (Å²) in [5.74, 6) is -0.584. The first-order chi connectivity index (χ1) is 13.6. The molecular weight excluding hydrogens is 378 g/mol. The number of aromatic nitrogens is 4. The largest absolute Gasteiger partial charge is 0.478 e. The third-order valence-electron chi connectivity index (χ3n) is 3.67. The lowest BCUT2D eigenvalue weighted by Gasteiger charge is -2.08. The van der Waals surface area contributed by atoms with Crippen LogP contribution in [0.4, 0.5) is 5.69 Å². The molecule has 2 aromatic heterocycles. The standard InChI is InChI=1S/C19H17N5O3S/c1-2-9-24-17(14-6-4-8-20-11-14)22-23-19(24)28-12-16(25)21-15-7-3-5-13(10-15)18(26)27/h2-8,10-11H,1,9,12H2,(H,21,25)(H,26,27). The Morgan fingerprint density at radius 2 is 2.11 bits per heavy atom. The normalized spacial score (nSPS) is 10.4. The lowest BCUT2D eigenvalue weighted by Crippen LogP contribution is -2.15. The van der Waals surface area contributed by atoms with E-state index in [1.165, 1.54) is 23.9 Å². The number of thioether (sulfide) groups is 1. The van der Waals surface area contributed by atoms with Crippen molar-refractivity contribution < 1.29 is 14.7 Å². The van der Waals surface area contributed by atoms with Crippen molar-refractivity contribution in [2.45, 2.75) is 11.7 Å². The summed E-state index contributed by atoms with van der Waals surface area (Å²) in [4.78, 5) is 27.4. The Morgan fingerprint density at radius 3 is 2.82 bits per heavy atom. The summed E-state index contributed by atoms with van der Waals surface area (Å²) in [6.07, 6.45) is 5.10. The first-order valence-corrected chi connectivity index (χ1v) is 9.27. The number of carbonyl (C=O) groups excluding carboxylic acids is 1. The van der Waals surface area contributed by atoms with Gasteiger partial charge in [0.2, 0.25) is 5.91 Å². The van der Waals surface area contributed by atoms with Crippen LogP contribution in [0, 0.1) is 0 Å². The van der Waals surface area contributed by atoms with Gasteiger partial charge in [-0.05, 0) is 30.3 Å². The number of carbonyl (C=O) groups is 2. The topological polar surface area (TPSA) is 110 Å². The van der Waals surface area contributed by atoms with Gasteiger partial charge < -0.3 is 10.4 Å². The van der Waals surface area contributed by atoms with Crippen LogP contribution >= 0.6 is 11.8 Å². The number of allylic oxidation sites excluding steroid dienone is 1. The van der Waals surface area contributed by atoms with Crippen LogP contribution in [0.3, 0.4) is 0 Å². The highest BCUT2D eigenvalue weighted by atomic mass is 32.2. The van der Waals surface area contributed by atoms with E-state index in [1.54, 1.807) is 30.6 Å². The van der Waals surface area contributed by atoms with Gasteiger partial charge in [0.15, 0.2) is 11.0 Å². The van der Waals surface area contributed by atoms with E-state index < -0.39 is 5.97 Å². The van der Waals surface area contributed by atoms with E-state index in [9.17, 15) is 9.59 Å². The lowest BCUT2D eigenvalue weighted by atomic mass is 10.2. The van der Waals surface area contributed by atoms with Gasteiger partial charge >= 0.3 is 5.97 Å². The second-order valence-electron chi connectivity index (χ2n) is 5.67. The van der Waals surface area contributed by atoms with Crippen LogP contribution in [0.15, 0.2) is 66.6 Å². The molecule has 0 aliphatic carbocycles. The summed E-state index contributed by atoms with van der Waals surface area (Å²) < 4.78 is 1.85. The molecule has 0 spiro atoms. The number of benzene rings is 1. The fraction of sp³-hybridized carbons (Fsp3) is 0.105. The average Bonchev–Trinajstić information content (AvgIpc) is 3.10. The lowest BCUT2D eigenvalue weighted by molar-refractivity contribution is -0.113. The quantitative estimate of drug-likeness (QED) is 0.446. The summed E-state index contributed by atoms with van der Waals surface area (Å²) >= 11 is 1.23. The molecule has 8 nitrogen and oxygen atoms in total. The van der Waals surface area contributed by atoms with Crippen LogP contribution in [0.25, 0.3) is 11.4 Å². The minimum Gasteiger partial charge on any atom is -0.478 e. The number of pyridine rings is 1. The van der Waals surface area contributed by atoms with Crippen molar-refractivity contribution in [2.24, 2.45) is 0 Å². The van der Waals surface area contributed by atoms with Crippen molar-refractivity contribution in [3.63, 3.8) is 0 Å². The predicted octanol–water partition coefficient (Wildman–Crippen LogP) is 2.96. The molecule has 142 valence electrons. The van der Waals surface area contributed by atoms with Gasteiger partial charge in [-0.15, -0.1) is 16.8 Å². The zero-order valence-electron chi connectivity index (χ0n) is 14.8. The molecule has 0 aliphatic heterocycles. The molecule has 28 heavy (non-hydrogen) atoms. The Kier molecular flexibility index (Phi) is 6.18. The zero-order valence-corrected chi connectivity index (χ0v) is 15.6. The minimum atomic E-state index is -1.05. The maximum absolute atomic E-state index is 12.2. The first kappa shape index (κ1) is 19.3. The Morgan fingerprint density at radius 1 is 1.25 bits per heavy atom. The van der Waals surface area contributed by atoms with Gasteiger partial charge in [0.05, 0.1) is 11.3 Å². The molecule has 3 aromatic rings. The number of anilines is 1. The Bertz CT molecular complexity index is 1000. The molecular formula is C19H17N5O3S. The molecule has 0 atom stereocenters. The van der Waals surface area contributed by atoms with Gasteiger partial charge in [-0.2, -0.15) is 0 Å². The van der Waals surface area contributed by atoms with Crippen molar-refractivity contribution in [3.8, 4) is 11.4 Å². The molecule has 0 saturated carbocycles. The number of hydrogen-bond acceptors (Lipinski definition) is 6. The molecule has 0 saturated heterocycles. The van der Waals surface area contributed by atoms with Crippen LogP contribution in [0.5, 0.6) is 0 Å². The number of carboxylic acid groups (broad SMARTS) is 1. The number of aromatic carboxylic acids is 1. The second-order valence-corrected chi connectivity index (χ2v) is 6.61. The summed E-state index contributed by atoms with van der Waals surface area (Å²) in [7, 11) is 0. The fourth-order valence-corrected chi connectivity index (χ4v) is 3.20. The summed E-state index contributed by atoms with van der Waals surface area (Å²) in [5, 5.41) is 20.7. The molecule has 0 aliphatic rings.